The highest BCUT2D eigenvalue weighted by molar-refractivity contribution is 5.05. The van der Waals surface area contributed by atoms with E-state index in [-0.39, 0.29) is 0 Å². The van der Waals surface area contributed by atoms with Crippen LogP contribution in [-0.2, 0) is 6.54 Å². The summed E-state index contributed by atoms with van der Waals surface area (Å²) in [4.78, 5) is 9.64. The molecule has 2 aliphatic heterocycles. The molecule has 0 radical (unpaired) electrons. The zero-order valence-electron chi connectivity index (χ0n) is 11.5. The molecule has 2 aliphatic rings. The van der Waals surface area contributed by atoms with Gasteiger partial charge in [-0.15, -0.1) is 0 Å². The Labute approximate surface area is 109 Å². The quantitative estimate of drug-likeness (QED) is 0.802. The van der Waals surface area contributed by atoms with Gasteiger partial charge in [0.1, 0.15) is 5.76 Å². The van der Waals surface area contributed by atoms with Gasteiger partial charge in [-0.1, -0.05) is 6.42 Å². The molecular weight excluding hydrogens is 226 g/mol. The fraction of sp³-hybridized carbons (Fsp3) is 0.786. The normalized spacial score (nSPS) is 26.2. The van der Waals surface area contributed by atoms with Crippen LogP contribution in [0.15, 0.2) is 4.42 Å². The lowest BCUT2D eigenvalue weighted by molar-refractivity contribution is 0.0417. The second kappa shape index (κ2) is 5.02. The topological polar surface area (TPSA) is 32.5 Å². The molecule has 1 unspecified atom stereocenters. The number of nitrogens with zero attached hydrogens (tertiary/aromatic N) is 3. The van der Waals surface area contributed by atoms with Crippen molar-refractivity contribution in [3.05, 3.63) is 17.3 Å². The van der Waals surface area contributed by atoms with Gasteiger partial charge in [-0.2, -0.15) is 0 Å². The number of aromatic nitrogens is 1. The van der Waals surface area contributed by atoms with E-state index in [1.165, 1.54) is 38.9 Å². The Bertz CT molecular complexity index is 396. The van der Waals surface area contributed by atoms with Gasteiger partial charge in [0, 0.05) is 25.7 Å². The number of hydrogen-bond acceptors (Lipinski definition) is 4. The van der Waals surface area contributed by atoms with E-state index in [9.17, 15) is 0 Å². The van der Waals surface area contributed by atoms with Crippen molar-refractivity contribution in [3.63, 3.8) is 0 Å². The van der Waals surface area contributed by atoms with Crippen molar-refractivity contribution in [1.82, 2.24) is 14.8 Å². The molecule has 2 fully saturated rings. The molecule has 4 heteroatoms. The van der Waals surface area contributed by atoms with E-state index >= 15 is 0 Å². The summed E-state index contributed by atoms with van der Waals surface area (Å²) >= 11 is 0. The van der Waals surface area contributed by atoms with E-state index in [4.69, 9.17) is 4.42 Å². The third kappa shape index (κ3) is 2.45. The van der Waals surface area contributed by atoms with Gasteiger partial charge >= 0.3 is 0 Å². The van der Waals surface area contributed by atoms with Crippen molar-refractivity contribution in [2.45, 2.75) is 45.7 Å². The van der Waals surface area contributed by atoms with Crippen molar-refractivity contribution in [2.75, 3.05) is 26.2 Å². The number of piperidine rings is 1. The van der Waals surface area contributed by atoms with E-state index in [1.807, 2.05) is 13.8 Å². The van der Waals surface area contributed by atoms with Crippen LogP contribution >= 0.6 is 0 Å². The predicted octanol–water partition coefficient (Wildman–Crippen LogP) is 1.96. The molecule has 1 aromatic heterocycles. The smallest absolute Gasteiger partial charge is 0.208 e. The maximum Gasteiger partial charge on any atom is 0.208 e. The van der Waals surface area contributed by atoms with Gasteiger partial charge in [-0.25, -0.2) is 4.98 Å². The molecule has 0 aliphatic carbocycles. The predicted molar refractivity (Wildman–Crippen MR) is 70.5 cm³/mol. The van der Waals surface area contributed by atoms with E-state index in [0.717, 1.165) is 36.5 Å². The van der Waals surface area contributed by atoms with Crippen molar-refractivity contribution in [2.24, 2.45) is 0 Å². The van der Waals surface area contributed by atoms with E-state index in [1.54, 1.807) is 0 Å². The Kier molecular flexibility index (Phi) is 3.39. The molecule has 0 saturated carbocycles. The summed E-state index contributed by atoms with van der Waals surface area (Å²) in [5.41, 5.74) is 1.03. The van der Waals surface area contributed by atoms with Gasteiger partial charge < -0.3 is 4.42 Å². The van der Waals surface area contributed by atoms with Crippen molar-refractivity contribution >= 4 is 0 Å². The van der Waals surface area contributed by atoms with Gasteiger partial charge in [0.15, 0.2) is 0 Å². The number of oxazole rings is 1. The second-order valence-electron chi connectivity index (χ2n) is 5.67. The van der Waals surface area contributed by atoms with Gasteiger partial charge in [-0.05, 0) is 33.2 Å². The molecular formula is C14H23N3O. The molecule has 1 aromatic rings. The molecule has 0 bridgehead atoms. The van der Waals surface area contributed by atoms with E-state index in [0.29, 0.717) is 0 Å². The second-order valence-corrected chi connectivity index (χ2v) is 5.67. The number of rotatable bonds is 2. The number of hydrogen-bond donors (Lipinski definition) is 0. The first-order chi connectivity index (χ1) is 8.72. The van der Waals surface area contributed by atoms with Gasteiger partial charge in [-0.3, -0.25) is 9.80 Å². The Balaban J connectivity index is 1.60. The molecule has 2 saturated heterocycles. The highest BCUT2D eigenvalue weighted by Crippen LogP contribution is 2.22. The first-order valence-corrected chi connectivity index (χ1v) is 7.11. The molecule has 100 valence electrons. The lowest BCUT2D eigenvalue weighted by Crippen LogP contribution is -2.54. The molecule has 0 amide bonds. The van der Waals surface area contributed by atoms with Crippen LogP contribution in [0.3, 0.4) is 0 Å². The summed E-state index contributed by atoms with van der Waals surface area (Å²) in [6, 6.07) is 0.768. The SMILES string of the molecule is Cc1nc(CN2CCN3CCCCC3C2)oc1C. The first kappa shape index (κ1) is 12.2. The lowest BCUT2D eigenvalue weighted by atomic mass is 9.99. The minimum atomic E-state index is 0.768. The molecule has 4 nitrogen and oxygen atoms in total. The Morgan fingerprint density at radius 3 is 2.89 bits per heavy atom. The largest absolute Gasteiger partial charge is 0.444 e. The zero-order valence-corrected chi connectivity index (χ0v) is 11.5. The van der Waals surface area contributed by atoms with Crippen molar-refractivity contribution < 1.29 is 4.42 Å². The molecule has 3 rings (SSSR count). The van der Waals surface area contributed by atoms with Crippen LogP contribution in [-0.4, -0.2) is 47.0 Å². The van der Waals surface area contributed by atoms with Crippen LogP contribution in [0.5, 0.6) is 0 Å². The summed E-state index contributed by atoms with van der Waals surface area (Å²) in [7, 11) is 0. The van der Waals surface area contributed by atoms with Crippen LogP contribution < -0.4 is 0 Å². The summed E-state index contributed by atoms with van der Waals surface area (Å²) in [6.45, 7) is 9.72. The zero-order chi connectivity index (χ0) is 12.5. The third-order valence-corrected chi connectivity index (χ3v) is 4.35. The average molecular weight is 249 g/mol. The van der Waals surface area contributed by atoms with Crippen molar-refractivity contribution in [3.8, 4) is 0 Å². The number of aryl methyl sites for hydroxylation is 2. The van der Waals surface area contributed by atoms with E-state index < -0.39 is 0 Å². The Hall–Kier alpha value is -0.870. The monoisotopic (exact) mass is 249 g/mol. The Morgan fingerprint density at radius 1 is 1.22 bits per heavy atom. The first-order valence-electron chi connectivity index (χ1n) is 7.11. The molecule has 0 N–H and O–H groups in total. The van der Waals surface area contributed by atoms with Gasteiger partial charge in [0.2, 0.25) is 5.89 Å². The summed E-state index contributed by atoms with van der Waals surface area (Å²) in [6.07, 6.45) is 4.14. The molecule has 1 atom stereocenters. The highest BCUT2D eigenvalue weighted by Gasteiger charge is 2.29. The fourth-order valence-corrected chi connectivity index (χ4v) is 3.16. The standard InChI is InChI=1S/C14H23N3O/c1-11-12(2)18-14(15-11)10-16-7-8-17-6-4-3-5-13(17)9-16/h13H,3-10H2,1-2H3. The maximum atomic E-state index is 5.69. The van der Waals surface area contributed by atoms with Crippen molar-refractivity contribution in [1.29, 1.82) is 0 Å². The Morgan fingerprint density at radius 2 is 2.11 bits per heavy atom. The average Bonchev–Trinajstić information content (AvgIpc) is 2.68. The van der Waals surface area contributed by atoms with Crippen LogP contribution in [0.2, 0.25) is 0 Å². The minimum Gasteiger partial charge on any atom is -0.444 e. The maximum absolute atomic E-state index is 5.69. The summed E-state index contributed by atoms with van der Waals surface area (Å²) in [5.74, 6) is 1.84. The van der Waals surface area contributed by atoms with Crippen LogP contribution in [0.25, 0.3) is 0 Å². The lowest BCUT2D eigenvalue weighted by Gasteiger charge is -2.43. The number of piperazine rings is 1. The molecule has 0 aromatic carbocycles. The molecule has 18 heavy (non-hydrogen) atoms. The summed E-state index contributed by atoms with van der Waals surface area (Å²) in [5, 5.41) is 0. The summed E-state index contributed by atoms with van der Waals surface area (Å²) < 4.78 is 5.69. The van der Waals surface area contributed by atoms with Gasteiger partial charge in [0.05, 0.1) is 12.2 Å². The number of fused-ring (bicyclic) bond motifs is 1. The highest BCUT2D eigenvalue weighted by atomic mass is 16.4. The van der Waals surface area contributed by atoms with E-state index in [2.05, 4.69) is 14.8 Å². The van der Waals surface area contributed by atoms with Crippen LogP contribution in [0.1, 0.15) is 36.6 Å². The van der Waals surface area contributed by atoms with Gasteiger partial charge in [0.25, 0.3) is 0 Å². The van der Waals surface area contributed by atoms with Crippen LogP contribution in [0.4, 0.5) is 0 Å². The fourth-order valence-electron chi connectivity index (χ4n) is 3.16. The molecule has 0 spiro atoms. The molecule has 3 heterocycles. The van der Waals surface area contributed by atoms with Crippen LogP contribution in [0, 0.1) is 13.8 Å². The third-order valence-electron chi connectivity index (χ3n) is 4.35. The minimum absolute atomic E-state index is 0.768.